The first-order valence-electron chi connectivity index (χ1n) is 25.4. The third-order valence-electron chi connectivity index (χ3n) is 13.9. The molecular weight excluding hydrogens is 992 g/mol. The number of anilines is 2. The Bertz CT molecular complexity index is 2580. The van der Waals surface area contributed by atoms with Gasteiger partial charge in [0.15, 0.2) is 0 Å². The molecule has 3 aromatic rings. The monoisotopic (exact) mass is 1060 g/mol. The molecule has 19 nitrogen and oxygen atoms in total. The van der Waals surface area contributed by atoms with Crippen molar-refractivity contribution in [3.05, 3.63) is 83.4 Å². The molecular formula is C52H65FN10O9S2. The van der Waals surface area contributed by atoms with E-state index < -0.39 is 28.3 Å². The van der Waals surface area contributed by atoms with E-state index in [9.17, 15) is 33.6 Å². The number of imide groups is 1. The van der Waals surface area contributed by atoms with Crippen LogP contribution in [0, 0.1) is 11.7 Å². The molecule has 22 heteroatoms. The number of urea groups is 1. The van der Waals surface area contributed by atoms with Gasteiger partial charge in [-0.05, 0) is 81.3 Å². The van der Waals surface area contributed by atoms with E-state index in [0.29, 0.717) is 85.8 Å². The fraction of sp³-hybridized carbons (Fsp3) is 0.519. The number of hydrogen-bond acceptors (Lipinski definition) is 15. The number of carbonyl (C=O) groups is 7. The van der Waals surface area contributed by atoms with Crippen molar-refractivity contribution in [1.82, 2.24) is 35.5 Å². The SMILES string of the molecule is CN1CC/C(=N\NC(=O)CC(C)(C)SSCCC(=O)N2CCN(C3CCN(C(=O)NCc4ccc(NC(=O)[C@H]5C[C@@H]5c5cccnc5)cc4F)CC3)CC2)c2ccc(OCCCC(=O)ON3C(=O)CCC3=O)cc21. The maximum Gasteiger partial charge on any atom is 0.333 e. The van der Waals surface area contributed by atoms with Crippen molar-refractivity contribution >= 4 is 80.2 Å². The maximum atomic E-state index is 15.0. The minimum absolute atomic E-state index is 0.0193. The van der Waals surface area contributed by atoms with Crippen molar-refractivity contribution in [2.24, 2.45) is 11.0 Å². The molecule has 1 aliphatic carbocycles. The number of nitrogens with zero attached hydrogens (tertiary/aromatic N) is 7. The number of likely N-dealkylation sites (tertiary alicyclic amines) is 1. The van der Waals surface area contributed by atoms with Gasteiger partial charge >= 0.3 is 12.0 Å². The Morgan fingerprint density at radius 2 is 1.68 bits per heavy atom. The number of rotatable bonds is 20. The molecule has 8 rings (SSSR count). The van der Waals surface area contributed by atoms with E-state index >= 15 is 4.39 Å². The van der Waals surface area contributed by atoms with Crippen molar-refractivity contribution in [2.45, 2.75) is 101 Å². The molecule has 3 N–H and O–H groups in total. The van der Waals surface area contributed by atoms with E-state index in [1.165, 1.54) is 6.07 Å². The van der Waals surface area contributed by atoms with Gasteiger partial charge < -0.3 is 34.9 Å². The zero-order chi connectivity index (χ0) is 52.4. The summed E-state index contributed by atoms with van der Waals surface area (Å²) in [6, 6.07) is 14.0. The normalized spacial score (nSPS) is 19.8. The standard InChI is InChI=1S/C52H65FN10O9S2/c1-52(2,31-45(64)58-57-43-16-19-59(3)44-29-38(10-11-39(43)44)71-26-5-7-49(68)72-63-47(66)12-13-48(63)67)74-73-27-17-46(65)61-24-22-60(23-25-61)37-14-20-62(21-15-37)51(70)55-33-35-8-9-36(28-42(35)53)56-50(69)41-30-40(41)34-6-4-18-54-32-34/h4,6,8-11,18,28-29,32,37,40-41H,5,7,12-17,19-27,30-31,33H2,1-3H3,(H,55,70)(H,56,69)(H,58,64)/b57-43+/t40-,41+/m1/s1. The Hall–Kier alpha value is -6.26. The zero-order valence-corrected chi connectivity index (χ0v) is 43.8. The first-order valence-corrected chi connectivity index (χ1v) is 27.7. The van der Waals surface area contributed by atoms with Crippen LogP contribution in [0.4, 0.5) is 20.6 Å². The van der Waals surface area contributed by atoms with Crippen LogP contribution in [-0.2, 0) is 40.1 Å². The van der Waals surface area contributed by atoms with Crippen LogP contribution in [0.2, 0.25) is 0 Å². The number of carbonyl (C=O) groups excluding carboxylic acids is 7. The number of hydrazone groups is 1. The van der Waals surface area contributed by atoms with E-state index in [0.717, 1.165) is 54.9 Å². The van der Waals surface area contributed by atoms with E-state index in [1.54, 1.807) is 51.0 Å². The van der Waals surface area contributed by atoms with Crippen molar-refractivity contribution < 1.29 is 47.5 Å². The summed E-state index contributed by atoms with van der Waals surface area (Å²) in [6.07, 6.45) is 7.48. The number of amides is 7. The highest BCUT2D eigenvalue weighted by molar-refractivity contribution is 8.77. The molecule has 0 spiro atoms. The molecule has 396 valence electrons. The van der Waals surface area contributed by atoms with Crippen LogP contribution in [0.15, 0.2) is 66.0 Å². The Balaban J connectivity index is 0.673. The lowest BCUT2D eigenvalue weighted by atomic mass is 10.00. The molecule has 5 aliphatic rings. The van der Waals surface area contributed by atoms with Gasteiger partial charge in [-0.3, -0.25) is 33.9 Å². The Morgan fingerprint density at radius 3 is 2.41 bits per heavy atom. The molecule has 5 heterocycles. The largest absolute Gasteiger partial charge is 0.494 e. The number of fused-ring (bicyclic) bond motifs is 1. The molecule has 0 bridgehead atoms. The first kappa shape index (κ1) is 54.0. The van der Waals surface area contributed by atoms with Crippen molar-refractivity contribution in [1.29, 1.82) is 0 Å². The smallest absolute Gasteiger partial charge is 0.333 e. The van der Waals surface area contributed by atoms with Gasteiger partial charge in [0.2, 0.25) is 17.7 Å². The fourth-order valence-corrected chi connectivity index (χ4v) is 12.1. The Morgan fingerprint density at radius 1 is 0.905 bits per heavy atom. The molecule has 3 saturated heterocycles. The summed E-state index contributed by atoms with van der Waals surface area (Å²) in [6.45, 7) is 8.95. The van der Waals surface area contributed by atoms with Crippen LogP contribution in [0.3, 0.4) is 0 Å². The van der Waals surface area contributed by atoms with Crippen molar-refractivity contribution in [2.75, 3.05) is 75.4 Å². The van der Waals surface area contributed by atoms with Crippen molar-refractivity contribution in [3.63, 3.8) is 0 Å². The minimum atomic E-state index is -0.675. The van der Waals surface area contributed by atoms with Gasteiger partial charge in [0.1, 0.15) is 11.6 Å². The van der Waals surface area contributed by atoms with E-state index in [-0.39, 0.29) is 74.4 Å². The molecule has 4 fully saturated rings. The number of hydroxylamine groups is 2. The second-order valence-corrected chi connectivity index (χ2v) is 23.0. The first-order chi connectivity index (χ1) is 35.6. The van der Waals surface area contributed by atoms with Gasteiger partial charge in [-0.2, -0.15) is 5.10 Å². The summed E-state index contributed by atoms with van der Waals surface area (Å²) in [5.74, 6) is -1.27. The van der Waals surface area contributed by atoms with Crippen LogP contribution >= 0.6 is 21.6 Å². The molecule has 7 amide bonds. The van der Waals surface area contributed by atoms with Gasteiger partial charge in [-0.25, -0.2) is 19.4 Å². The number of piperidine rings is 1. The number of ether oxygens (including phenoxy) is 1. The van der Waals surface area contributed by atoms with Crippen LogP contribution in [0.25, 0.3) is 0 Å². The summed E-state index contributed by atoms with van der Waals surface area (Å²) >= 11 is 0. The molecule has 0 unspecified atom stereocenters. The van der Waals surface area contributed by atoms with Crippen LogP contribution in [0.1, 0.15) is 101 Å². The second-order valence-electron chi connectivity index (χ2n) is 19.9. The highest BCUT2D eigenvalue weighted by Crippen LogP contribution is 2.47. The van der Waals surface area contributed by atoms with Gasteiger partial charge in [0.05, 0.1) is 18.7 Å². The number of piperazine rings is 1. The fourth-order valence-electron chi connectivity index (χ4n) is 9.60. The minimum Gasteiger partial charge on any atom is -0.494 e. The number of pyridine rings is 1. The number of hydrogen-bond donors (Lipinski definition) is 3. The molecule has 1 saturated carbocycles. The van der Waals surface area contributed by atoms with Crippen LogP contribution < -0.4 is 25.7 Å². The average molecular weight is 1060 g/mol. The van der Waals surface area contributed by atoms with Crippen LogP contribution in [-0.4, -0.2) is 148 Å². The highest BCUT2D eigenvalue weighted by Gasteiger charge is 2.44. The summed E-state index contributed by atoms with van der Waals surface area (Å²) in [5.41, 5.74) is 7.01. The Labute approximate surface area is 438 Å². The van der Waals surface area contributed by atoms with Crippen LogP contribution in [0.5, 0.6) is 5.75 Å². The number of nitrogens with one attached hydrogen (secondary N) is 3. The number of halogens is 1. The molecule has 2 aromatic carbocycles. The summed E-state index contributed by atoms with van der Waals surface area (Å²) in [4.78, 5) is 105. The molecule has 1 aromatic heterocycles. The maximum absolute atomic E-state index is 15.0. The molecule has 74 heavy (non-hydrogen) atoms. The van der Waals surface area contributed by atoms with E-state index in [2.05, 4.69) is 35.9 Å². The molecule has 2 atom stereocenters. The summed E-state index contributed by atoms with van der Waals surface area (Å²) < 4.78 is 20.5. The third kappa shape index (κ3) is 14.5. The second kappa shape index (κ2) is 24.8. The highest BCUT2D eigenvalue weighted by atomic mass is 33.1. The zero-order valence-electron chi connectivity index (χ0n) is 42.1. The lowest BCUT2D eigenvalue weighted by Crippen LogP contribution is -2.55. The van der Waals surface area contributed by atoms with E-state index in [4.69, 9.17) is 9.57 Å². The summed E-state index contributed by atoms with van der Waals surface area (Å²) in [5, 5.41) is 10.7. The van der Waals surface area contributed by atoms with Gasteiger partial charge in [0.25, 0.3) is 11.8 Å². The molecule has 0 radical (unpaired) electrons. The average Bonchev–Trinajstić information content (AvgIpc) is 4.15. The van der Waals surface area contributed by atoms with Crippen molar-refractivity contribution in [3.8, 4) is 5.75 Å². The van der Waals surface area contributed by atoms with Gasteiger partial charge in [-0.15, -0.1) is 5.06 Å². The van der Waals surface area contributed by atoms with Gasteiger partial charge in [0, 0.05) is 155 Å². The number of benzene rings is 2. The van der Waals surface area contributed by atoms with Gasteiger partial charge in [-0.1, -0.05) is 33.7 Å². The van der Waals surface area contributed by atoms with E-state index in [1.807, 2.05) is 56.1 Å². The molecule has 4 aliphatic heterocycles. The third-order valence-corrected chi connectivity index (χ3v) is 17.2. The Kier molecular flexibility index (Phi) is 18.1. The lowest BCUT2D eigenvalue weighted by Gasteiger charge is -2.42. The quantitative estimate of drug-likeness (QED) is 0.0524. The predicted octanol–water partition coefficient (Wildman–Crippen LogP) is 5.85. The summed E-state index contributed by atoms with van der Waals surface area (Å²) in [7, 11) is 5.13. The predicted molar refractivity (Wildman–Crippen MR) is 279 cm³/mol. The number of aromatic nitrogens is 1. The topological polar surface area (TPSA) is 215 Å². The lowest BCUT2D eigenvalue weighted by molar-refractivity contribution is -0.197.